The van der Waals surface area contributed by atoms with Crippen LogP contribution < -0.4 is 10.6 Å². The van der Waals surface area contributed by atoms with Gasteiger partial charge in [-0.05, 0) is 53.0 Å². The van der Waals surface area contributed by atoms with Crippen molar-refractivity contribution < 1.29 is 4.39 Å². The van der Waals surface area contributed by atoms with Crippen LogP contribution in [0.1, 0.15) is 12.8 Å². The maximum Gasteiger partial charge on any atom is 0.225 e. The Labute approximate surface area is 131 Å². The van der Waals surface area contributed by atoms with Crippen LogP contribution in [0.3, 0.4) is 0 Å². The summed E-state index contributed by atoms with van der Waals surface area (Å²) in [5, 5.41) is 0. The Bertz CT molecular complexity index is 649. The molecule has 0 amide bonds. The Kier molecular flexibility index (Phi) is 4.17. The van der Waals surface area contributed by atoms with Crippen LogP contribution in [0.15, 0.2) is 34.9 Å². The molecule has 2 aromatic rings. The average Bonchev–Trinajstić information content (AvgIpc) is 2.50. The average molecular weight is 351 g/mol. The second-order valence-corrected chi connectivity index (χ2v) is 6.07. The lowest BCUT2D eigenvalue weighted by Gasteiger charge is -2.30. The Hall–Kier alpha value is -1.53. The van der Waals surface area contributed by atoms with Crippen LogP contribution in [0.4, 0.5) is 10.3 Å². The summed E-state index contributed by atoms with van der Waals surface area (Å²) in [6.45, 7) is 1.70. The number of benzene rings is 1. The van der Waals surface area contributed by atoms with Crippen molar-refractivity contribution in [3.05, 3.63) is 40.8 Å². The highest BCUT2D eigenvalue weighted by Crippen LogP contribution is 2.25. The lowest BCUT2D eigenvalue weighted by molar-refractivity contribution is 0.500. The first-order valence-electron chi connectivity index (χ1n) is 6.92. The number of nitrogens with zero attached hydrogens (tertiary/aromatic N) is 3. The minimum atomic E-state index is -0.282. The molecule has 1 fully saturated rings. The van der Waals surface area contributed by atoms with Gasteiger partial charge in [0.1, 0.15) is 5.82 Å². The molecule has 4 nitrogen and oxygen atoms in total. The van der Waals surface area contributed by atoms with E-state index in [-0.39, 0.29) is 11.9 Å². The Morgan fingerprint density at radius 2 is 2.19 bits per heavy atom. The first kappa shape index (κ1) is 14.4. The fourth-order valence-corrected chi connectivity index (χ4v) is 2.89. The van der Waals surface area contributed by atoms with Gasteiger partial charge in [-0.1, -0.05) is 0 Å². The van der Waals surface area contributed by atoms with Crippen LogP contribution in [-0.4, -0.2) is 29.1 Å². The highest BCUT2D eigenvalue weighted by atomic mass is 79.9. The maximum absolute atomic E-state index is 13.3. The molecule has 1 aliphatic heterocycles. The topological polar surface area (TPSA) is 55.0 Å². The van der Waals surface area contributed by atoms with Crippen LogP contribution in [0.2, 0.25) is 0 Å². The van der Waals surface area contributed by atoms with Gasteiger partial charge in [0.05, 0.1) is 10.2 Å². The molecule has 2 N–H and O–H groups in total. The lowest BCUT2D eigenvalue weighted by Crippen LogP contribution is -2.43. The molecule has 1 aromatic heterocycles. The van der Waals surface area contributed by atoms with Gasteiger partial charge in [0.15, 0.2) is 0 Å². The van der Waals surface area contributed by atoms with Crippen LogP contribution >= 0.6 is 15.9 Å². The first-order valence-corrected chi connectivity index (χ1v) is 7.72. The van der Waals surface area contributed by atoms with E-state index < -0.39 is 0 Å². The van der Waals surface area contributed by atoms with Gasteiger partial charge in [0.25, 0.3) is 0 Å². The summed E-state index contributed by atoms with van der Waals surface area (Å²) >= 11 is 3.20. The highest BCUT2D eigenvalue weighted by Gasteiger charge is 2.19. The van der Waals surface area contributed by atoms with Gasteiger partial charge in [0.2, 0.25) is 5.95 Å². The van der Waals surface area contributed by atoms with E-state index in [9.17, 15) is 4.39 Å². The van der Waals surface area contributed by atoms with Crippen molar-refractivity contribution in [3.8, 4) is 11.3 Å². The smallest absolute Gasteiger partial charge is 0.225 e. The van der Waals surface area contributed by atoms with E-state index in [1.807, 2.05) is 6.07 Å². The van der Waals surface area contributed by atoms with Crippen LogP contribution in [-0.2, 0) is 0 Å². The molecule has 0 spiro atoms. The van der Waals surface area contributed by atoms with Crippen molar-refractivity contribution in [1.82, 2.24) is 9.97 Å². The van der Waals surface area contributed by atoms with E-state index in [4.69, 9.17) is 5.73 Å². The van der Waals surface area contributed by atoms with Crippen LogP contribution in [0, 0.1) is 5.82 Å². The number of piperidine rings is 1. The van der Waals surface area contributed by atoms with Crippen molar-refractivity contribution in [2.75, 3.05) is 18.0 Å². The monoisotopic (exact) mass is 350 g/mol. The van der Waals surface area contributed by atoms with Gasteiger partial charge in [-0.2, -0.15) is 0 Å². The Morgan fingerprint density at radius 3 is 2.95 bits per heavy atom. The Morgan fingerprint density at radius 1 is 1.33 bits per heavy atom. The van der Waals surface area contributed by atoms with Gasteiger partial charge < -0.3 is 10.6 Å². The summed E-state index contributed by atoms with van der Waals surface area (Å²) in [6.07, 6.45) is 3.83. The SMILES string of the molecule is NC1CCCN(c2nccc(-c3ccc(F)c(Br)c3)n2)C1. The standard InChI is InChI=1S/C15H16BrFN4/c16-12-8-10(3-4-13(12)17)14-5-6-19-15(20-14)21-7-1-2-11(18)9-21/h3-6,8,11H,1-2,7,9,18H2. The highest BCUT2D eigenvalue weighted by molar-refractivity contribution is 9.10. The predicted molar refractivity (Wildman–Crippen MR) is 84.5 cm³/mol. The van der Waals surface area contributed by atoms with Crippen LogP contribution in [0.25, 0.3) is 11.3 Å². The third kappa shape index (κ3) is 3.22. The molecule has 0 bridgehead atoms. The maximum atomic E-state index is 13.3. The van der Waals surface area contributed by atoms with Crippen LogP contribution in [0.5, 0.6) is 0 Å². The molecule has 1 atom stereocenters. The number of halogens is 2. The molecule has 110 valence electrons. The second-order valence-electron chi connectivity index (χ2n) is 5.22. The molecule has 0 saturated carbocycles. The summed E-state index contributed by atoms with van der Waals surface area (Å²) in [5.74, 6) is 0.401. The van der Waals surface area contributed by atoms with E-state index in [0.29, 0.717) is 10.4 Å². The number of rotatable bonds is 2. The van der Waals surface area contributed by atoms with E-state index in [2.05, 4.69) is 30.8 Å². The van der Waals surface area contributed by atoms with Crippen molar-refractivity contribution in [2.45, 2.75) is 18.9 Å². The minimum absolute atomic E-state index is 0.172. The molecule has 1 aliphatic rings. The third-order valence-electron chi connectivity index (χ3n) is 3.60. The lowest BCUT2D eigenvalue weighted by atomic mass is 10.1. The van der Waals surface area contributed by atoms with Gasteiger partial charge in [-0.25, -0.2) is 14.4 Å². The largest absolute Gasteiger partial charge is 0.339 e. The number of nitrogens with two attached hydrogens (primary N) is 1. The summed E-state index contributed by atoms with van der Waals surface area (Å²) in [5.41, 5.74) is 7.64. The number of hydrogen-bond acceptors (Lipinski definition) is 4. The molecular formula is C15H16BrFN4. The zero-order chi connectivity index (χ0) is 14.8. The van der Waals surface area contributed by atoms with Crippen molar-refractivity contribution in [3.63, 3.8) is 0 Å². The predicted octanol–water partition coefficient (Wildman–Crippen LogP) is 2.97. The van der Waals surface area contributed by atoms with E-state index >= 15 is 0 Å². The van der Waals surface area contributed by atoms with Crippen molar-refractivity contribution in [2.24, 2.45) is 5.73 Å². The molecule has 0 radical (unpaired) electrons. The Balaban J connectivity index is 1.90. The molecule has 1 unspecified atom stereocenters. The molecule has 6 heteroatoms. The van der Waals surface area contributed by atoms with E-state index in [1.165, 1.54) is 6.07 Å². The summed E-state index contributed by atoms with van der Waals surface area (Å²) < 4.78 is 13.8. The quantitative estimate of drug-likeness (QED) is 0.904. The molecule has 21 heavy (non-hydrogen) atoms. The van der Waals surface area contributed by atoms with Gasteiger partial charge >= 0.3 is 0 Å². The second kappa shape index (κ2) is 6.07. The van der Waals surface area contributed by atoms with E-state index in [1.54, 1.807) is 18.3 Å². The molecule has 1 saturated heterocycles. The van der Waals surface area contributed by atoms with Gasteiger partial charge in [0, 0.05) is 30.9 Å². The van der Waals surface area contributed by atoms with Gasteiger partial charge in [-0.15, -0.1) is 0 Å². The molecule has 1 aromatic carbocycles. The normalized spacial score (nSPS) is 18.8. The molecular weight excluding hydrogens is 335 g/mol. The fourth-order valence-electron chi connectivity index (χ4n) is 2.51. The van der Waals surface area contributed by atoms with Crippen molar-refractivity contribution in [1.29, 1.82) is 0 Å². The first-order chi connectivity index (χ1) is 10.1. The minimum Gasteiger partial charge on any atom is -0.339 e. The zero-order valence-corrected chi connectivity index (χ0v) is 13.1. The third-order valence-corrected chi connectivity index (χ3v) is 4.21. The number of anilines is 1. The zero-order valence-electron chi connectivity index (χ0n) is 11.5. The summed E-state index contributed by atoms with van der Waals surface area (Å²) in [7, 11) is 0. The molecule has 2 heterocycles. The number of aromatic nitrogens is 2. The number of hydrogen-bond donors (Lipinski definition) is 1. The molecule has 3 rings (SSSR count). The van der Waals surface area contributed by atoms with E-state index in [0.717, 1.165) is 37.2 Å². The van der Waals surface area contributed by atoms with Crippen molar-refractivity contribution >= 4 is 21.9 Å². The summed E-state index contributed by atoms with van der Waals surface area (Å²) in [6, 6.07) is 6.87. The molecule has 0 aliphatic carbocycles. The summed E-state index contributed by atoms with van der Waals surface area (Å²) in [4.78, 5) is 11.0. The van der Waals surface area contributed by atoms with Gasteiger partial charge in [-0.3, -0.25) is 0 Å². The fraction of sp³-hybridized carbons (Fsp3) is 0.333.